The Morgan fingerprint density at radius 2 is 1.77 bits per heavy atom. The largest absolute Gasteiger partial charge is 0.345 e. The Balaban J connectivity index is 2.48. The molecule has 0 aliphatic heterocycles. The Hall–Kier alpha value is -1.90. The molecule has 1 aromatic carbocycles. The molecule has 5 heteroatoms. The van der Waals surface area contributed by atoms with Crippen LogP contribution in [0.3, 0.4) is 0 Å². The summed E-state index contributed by atoms with van der Waals surface area (Å²) in [6.07, 6.45) is 0. The maximum absolute atomic E-state index is 9.43. The van der Waals surface area contributed by atoms with Crippen molar-refractivity contribution in [3.63, 3.8) is 0 Å². The number of halogens is 1. The zero-order chi connectivity index (χ0) is 16.0. The fourth-order valence-corrected chi connectivity index (χ4v) is 4.00. The van der Waals surface area contributed by atoms with E-state index in [0.717, 1.165) is 38.1 Å². The van der Waals surface area contributed by atoms with E-state index in [1.807, 2.05) is 19.1 Å². The van der Waals surface area contributed by atoms with Gasteiger partial charge >= 0.3 is 0 Å². The number of fused-ring (bicyclic) bond motifs is 1. The SMILES string of the molecule is Cc1cc(=S)n2c(C#N)cc(-c3c(C)cc(Br)cc3C)c2[nH]1. The summed E-state index contributed by atoms with van der Waals surface area (Å²) in [5, 5.41) is 9.43. The minimum Gasteiger partial charge on any atom is -0.345 e. The van der Waals surface area contributed by atoms with Gasteiger partial charge in [0.25, 0.3) is 0 Å². The maximum Gasteiger partial charge on any atom is 0.127 e. The minimum atomic E-state index is 0.549. The van der Waals surface area contributed by atoms with Crippen molar-refractivity contribution in [1.82, 2.24) is 9.38 Å². The quantitative estimate of drug-likeness (QED) is 0.595. The number of benzene rings is 1. The van der Waals surface area contributed by atoms with Gasteiger partial charge < -0.3 is 4.98 Å². The van der Waals surface area contributed by atoms with Gasteiger partial charge in [0.2, 0.25) is 0 Å². The summed E-state index contributed by atoms with van der Waals surface area (Å²) in [6.45, 7) is 6.13. The molecule has 110 valence electrons. The minimum absolute atomic E-state index is 0.549. The molecule has 0 unspecified atom stereocenters. The summed E-state index contributed by atoms with van der Waals surface area (Å²) in [6, 6.07) is 10.2. The molecule has 0 radical (unpaired) electrons. The van der Waals surface area contributed by atoms with Crippen molar-refractivity contribution < 1.29 is 0 Å². The molecule has 3 aromatic rings. The molecule has 0 aliphatic carbocycles. The first-order chi connectivity index (χ1) is 10.4. The van der Waals surface area contributed by atoms with Gasteiger partial charge in [0.05, 0.1) is 0 Å². The monoisotopic (exact) mass is 371 g/mol. The Morgan fingerprint density at radius 3 is 2.36 bits per heavy atom. The van der Waals surface area contributed by atoms with Crippen molar-refractivity contribution in [3.8, 4) is 17.2 Å². The van der Waals surface area contributed by atoms with E-state index in [1.165, 1.54) is 0 Å². The van der Waals surface area contributed by atoms with Crippen LogP contribution in [-0.2, 0) is 0 Å². The van der Waals surface area contributed by atoms with Crippen molar-refractivity contribution in [3.05, 3.63) is 55.9 Å². The molecule has 3 rings (SSSR count). The highest BCUT2D eigenvalue weighted by Gasteiger charge is 2.16. The van der Waals surface area contributed by atoms with Crippen molar-refractivity contribution >= 4 is 33.8 Å². The van der Waals surface area contributed by atoms with Crippen LogP contribution in [0.1, 0.15) is 22.5 Å². The predicted molar refractivity (Wildman–Crippen MR) is 94.6 cm³/mol. The van der Waals surface area contributed by atoms with Crippen LogP contribution in [0.2, 0.25) is 0 Å². The fourth-order valence-electron chi connectivity index (χ4n) is 2.94. The van der Waals surface area contributed by atoms with Crippen LogP contribution in [0.15, 0.2) is 28.7 Å². The summed E-state index contributed by atoms with van der Waals surface area (Å²) in [7, 11) is 0. The summed E-state index contributed by atoms with van der Waals surface area (Å²) < 4.78 is 3.50. The highest BCUT2D eigenvalue weighted by Crippen LogP contribution is 2.34. The summed E-state index contributed by atoms with van der Waals surface area (Å²) in [5.74, 6) is 0. The number of aromatic nitrogens is 2. The zero-order valence-electron chi connectivity index (χ0n) is 12.5. The van der Waals surface area contributed by atoms with Gasteiger partial charge in [-0.3, -0.25) is 4.40 Å². The number of aromatic amines is 1. The second-order valence-electron chi connectivity index (χ2n) is 5.44. The highest BCUT2D eigenvalue weighted by molar-refractivity contribution is 9.10. The number of hydrogen-bond acceptors (Lipinski definition) is 2. The average molecular weight is 372 g/mol. The van der Waals surface area contributed by atoms with Crippen LogP contribution < -0.4 is 0 Å². The van der Waals surface area contributed by atoms with Crippen LogP contribution in [0.4, 0.5) is 0 Å². The first kappa shape index (κ1) is 15.0. The molecule has 0 bridgehead atoms. The Bertz CT molecular complexity index is 982. The number of nitrogens with zero attached hydrogens (tertiary/aromatic N) is 2. The van der Waals surface area contributed by atoms with Gasteiger partial charge in [-0.15, -0.1) is 0 Å². The predicted octanol–water partition coefficient (Wildman–Crippen LogP) is 5.22. The summed E-state index contributed by atoms with van der Waals surface area (Å²) in [5.41, 5.74) is 6.86. The van der Waals surface area contributed by atoms with Crippen LogP contribution in [-0.4, -0.2) is 9.38 Å². The van der Waals surface area contributed by atoms with E-state index in [-0.39, 0.29) is 0 Å². The third kappa shape index (κ3) is 2.29. The molecule has 0 atom stereocenters. The molecule has 0 aliphatic rings. The number of H-pyrrole nitrogens is 1. The van der Waals surface area contributed by atoms with Gasteiger partial charge in [0.15, 0.2) is 0 Å². The topological polar surface area (TPSA) is 44.0 Å². The number of nitriles is 1. The second kappa shape index (κ2) is 5.38. The summed E-state index contributed by atoms with van der Waals surface area (Å²) >= 11 is 8.96. The Labute approximate surface area is 142 Å². The normalized spacial score (nSPS) is 10.9. The maximum atomic E-state index is 9.43. The van der Waals surface area contributed by atoms with E-state index in [1.54, 1.807) is 4.40 Å². The lowest BCUT2D eigenvalue weighted by atomic mass is 9.97. The molecule has 2 heterocycles. The first-order valence-corrected chi connectivity index (χ1v) is 8.05. The molecule has 2 aromatic heterocycles. The first-order valence-electron chi connectivity index (χ1n) is 6.85. The molecular formula is C17H14BrN3S. The van der Waals surface area contributed by atoms with Crippen LogP contribution in [0, 0.1) is 36.7 Å². The Kier molecular flexibility index (Phi) is 3.67. The zero-order valence-corrected chi connectivity index (χ0v) is 14.9. The molecule has 0 saturated heterocycles. The van der Waals surface area contributed by atoms with E-state index < -0.39 is 0 Å². The van der Waals surface area contributed by atoms with E-state index in [2.05, 4.69) is 53.0 Å². The van der Waals surface area contributed by atoms with Gasteiger partial charge in [0, 0.05) is 15.7 Å². The lowest BCUT2D eigenvalue weighted by Gasteiger charge is -2.10. The third-order valence-electron chi connectivity index (χ3n) is 3.76. The number of aryl methyl sites for hydroxylation is 3. The molecule has 22 heavy (non-hydrogen) atoms. The lowest BCUT2D eigenvalue weighted by Crippen LogP contribution is -1.96. The van der Waals surface area contributed by atoms with Crippen molar-refractivity contribution in [2.45, 2.75) is 20.8 Å². The van der Waals surface area contributed by atoms with Crippen molar-refractivity contribution in [2.24, 2.45) is 0 Å². The molecule has 1 N–H and O–H groups in total. The number of nitrogens with one attached hydrogen (secondary N) is 1. The van der Waals surface area contributed by atoms with Gasteiger partial charge in [-0.25, -0.2) is 0 Å². The van der Waals surface area contributed by atoms with E-state index in [4.69, 9.17) is 12.2 Å². The Morgan fingerprint density at radius 1 is 1.14 bits per heavy atom. The van der Waals surface area contributed by atoms with Gasteiger partial charge in [-0.2, -0.15) is 5.26 Å². The lowest BCUT2D eigenvalue weighted by molar-refractivity contribution is 1.06. The standard InChI is InChI=1S/C17H14BrN3S/c1-9-4-12(18)5-10(2)16(9)14-7-13(8-19)21-15(22)6-11(3)20-17(14)21/h4-7,20H,1-3H3. The van der Waals surface area contributed by atoms with E-state index >= 15 is 0 Å². The van der Waals surface area contributed by atoms with E-state index in [0.29, 0.717) is 10.3 Å². The van der Waals surface area contributed by atoms with E-state index in [9.17, 15) is 5.26 Å². The van der Waals surface area contributed by atoms with Gasteiger partial charge in [-0.05, 0) is 61.7 Å². The molecular weight excluding hydrogens is 358 g/mol. The van der Waals surface area contributed by atoms with Crippen molar-refractivity contribution in [2.75, 3.05) is 0 Å². The molecule has 0 fully saturated rings. The smallest absolute Gasteiger partial charge is 0.127 e. The number of rotatable bonds is 1. The third-order valence-corrected chi connectivity index (χ3v) is 4.52. The molecule has 0 spiro atoms. The van der Waals surface area contributed by atoms with Gasteiger partial charge in [0.1, 0.15) is 22.1 Å². The second-order valence-corrected chi connectivity index (χ2v) is 6.78. The van der Waals surface area contributed by atoms with Crippen LogP contribution >= 0.6 is 28.1 Å². The van der Waals surface area contributed by atoms with Crippen LogP contribution in [0.25, 0.3) is 16.8 Å². The molecule has 0 amide bonds. The summed E-state index contributed by atoms with van der Waals surface area (Å²) in [4.78, 5) is 3.35. The highest BCUT2D eigenvalue weighted by atomic mass is 79.9. The van der Waals surface area contributed by atoms with Gasteiger partial charge in [-0.1, -0.05) is 28.1 Å². The van der Waals surface area contributed by atoms with Crippen LogP contribution in [0.5, 0.6) is 0 Å². The van der Waals surface area contributed by atoms with Crippen molar-refractivity contribution in [1.29, 1.82) is 5.26 Å². The average Bonchev–Trinajstić information content (AvgIpc) is 2.76. The molecule has 3 nitrogen and oxygen atoms in total. The fraction of sp³-hybridized carbons (Fsp3) is 0.176. The molecule has 0 saturated carbocycles. The number of hydrogen-bond donors (Lipinski definition) is 1.